The number of nitrogens with one attached hydrogen (secondary N) is 2. The summed E-state index contributed by atoms with van der Waals surface area (Å²) in [4.78, 5) is 24.1. The molecular formula is C26H27F3N4O3. The Hall–Kier alpha value is -3.82. The Morgan fingerprint density at radius 2 is 1.92 bits per heavy atom. The van der Waals surface area contributed by atoms with E-state index in [1.165, 1.54) is 13.1 Å². The standard InChI is InChI=1S/C26H27F3N4O3/c1-17(34)31-19-10-7-11-20(14-19)36-13-6-5-12-23(35)21-16-30-33-24(26(27,28)29)15-22(32-25(21)33)18-8-3-2-4-9-18/h2-4,7-11,14,16,22,24,32H,5-6,12-13,15H2,1H3,(H,31,34). The van der Waals surface area contributed by atoms with Crippen molar-refractivity contribution in [1.82, 2.24) is 9.78 Å². The number of anilines is 2. The number of aromatic nitrogens is 2. The van der Waals surface area contributed by atoms with Crippen LogP contribution in [-0.4, -0.2) is 34.3 Å². The maximum Gasteiger partial charge on any atom is 0.410 e. The van der Waals surface area contributed by atoms with Crippen LogP contribution in [0.25, 0.3) is 0 Å². The van der Waals surface area contributed by atoms with Crippen LogP contribution in [0.15, 0.2) is 60.8 Å². The second kappa shape index (κ2) is 10.8. The van der Waals surface area contributed by atoms with E-state index in [1.807, 2.05) is 0 Å². The van der Waals surface area contributed by atoms with Gasteiger partial charge in [0.05, 0.1) is 24.4 Å². The van der Waals surface area contributed by atoms with Crippen LogP contribution >= 0.6 is 0 Å². The van der Waals surface area contributed by atoms with Crippen molar-refractivity contribution in [2.75, 3.05) is 17.2 Å². The van der Waals surface area contributed by atoms with Gasteiger partial charge in [0.1, 0.15) is 11.6 Å². The Kier molecular flexibility index (Phi) is 7.61. The number of ketones is 1. The van der Waals surface area contributed by atoms with Gasteiger partial charge in [-0.05, 0) is 30.5 Å². The van der Waals surface area contributed by atoms with Crippen LogP contribution in [-0.2, 0) is 4.79 Å². The lowest BCUT2D eigenvalue weighted by Crippen LogP contribution is -2.36. The third-order valence-electron chi connectivity index (χ3n) is 5.96. The summed E-state index contributed by atoms with van der Waals surface area (Å²) in [5, 5.41) is 9.72. The van der Waals surface area contributed by atoms with Gasteiger partial charge in [-0.2, -0.15) is 18.3 Å². The van der Waals surface area contributed by atoms with Crippen molar-refractivity contribution in [2.24, 2.45) is 0 Å². The minimum Gasteiger partial charge on any atom is -0.494 e. The maximum absolute atomic E-state index is 13.8. The first-order valence-electron chi connectivity index (χ1n) is 11.7. The topological polar surface area (TPSA) is 85.2 Å². The van der Waals surface area contributed by atoms with E-state index in [0.717, 1.165) is 10.2 Å². The van der Waals surface area contributed by atoms with Crippen LogP contribution in [0.2, 0.25) is 0 Å². The van der Waals surface area contributed by atoms with E-state index in [9.17, 15) is 22.8 Å². The number of nitrogens with zero attached hydrogens (tertiary/aromatic N) is 2. The molecular weight excluding hydrogens is 473 g/mol. The third-order valence-corrected chi connectivity index (χ3v) is 5.96. The molecule has 10 heteroatoms. The second-order valence-electron chi connectivity index (χ2n) is 8.69. The van der Waals surface area contributed by atoms with Crippen molar-refractivity contribution < 1.29 is 27.5 Å². The van der Waals surface area contributed by atoms with Gasteiger partial charge in [0.2, 0.25) is 5.91 Å². The summed E-state index contributed by atoms with van der Waals surface area (Å²) in [6.45, 7) is 1.77. The Labute approximate surface area is 206 Å². The van der Waals surface area contributed by atoms with E-state index < -0.39 is 18.3 Å². The molecule has 1 aliphatic rings. The first kappa shape index (κ1) is 25.3. The summed E-state index contributed by atoms with van der Waals surface area (Å²) in [5.74, 6) is 0.242. The molecule has 0 radical (unpaired) electrons. The molecule has 0 fully saturated rings. The van der Waals surface area contributed by atoms with Gasteiger partial charge in [-0.1, -0.05) is 36.4 Å². The maximum atomic E-state index is 13.8. The lowest BCUT2D eigenvalue weighted by atomic mass is 9.96. The number of carbonyl (C=O) groups excluding carboxylic acids is 2. The zero-order chi connectivity index (χ0) is 25.7. The molecule has 0 spiro atoms. The molecule has 0 saturated carbocycles. The van der Waals surface area contributed by atoms with E-state index >= 15 is 0 Å². The highest BCUT2D eigenvalue weighted by molar-refractivity contribution is 6.00. The number of unbranched alkanes of at least 4 members (excludes halogenated alkanes) is 1. The molecule has 190 valence electrons. The number of hydrogen-bond donors (Lipinski definition) is 2. The van der Waals surface area contributed by atoms with Crippen LogP contribution < -0.4 is 15.4 Å². The summed E-state index contributed by atoms with van der Waals surface area (Å²) in [7, 11) is 0. The summed E-state index contributed by atoms with van der Waals surface area (Å²) in [6.07, 6.45) is -2.26. The molecule has 0 bridgehead atoms. The molecule has 2 atom stereocenters. The van der Waals surface area contributed by atoms with Crippen molar-refractivity contribution in [2.45, 2.75) is 50.9 Å². The van der Waals surface area contributed by atoms with E-state index in [-0.39, 0.29) is 35.9 Å². The zero-order valence-corrected chi connectivity index (χ0v) is 19.7. The lowest BCUT2D eigenvalue weighted by Gasteiger charge is -2.34. The lowest BCUT2D eigenvalue weighted by molar-refractivity contribution is -0.173. The quantitative estimate of drug-likeness (QED) is 0.281. The van der Waals surface area contributed by atoms with E-state index in [0.29, 0.717) is 30.9 Å². The molecule has 2 unspecified atom stereocenters. The number of Topliss-reactive ketones (excluding diaryl/α,β-unsaturated/α-hetero) is 1. The number of carbonyl (C=O) groups is 2. The normalized spacial score (nSPS) is 17.1. The fourth-order valence-electron chi connectivity index (χ4n) is 4.25. The van der Waals surface area contributed by atoms with Gasteiger partial charge in [0.25, 0.3) is 0 Å². The van der Waals surface area contributed by atoms with E-state index in [2.05, 4.69) is 15.7 Å². The smallest absolute Gasteiger partial charge is 0.410 e. The van der Waals surface area contributed by atoms with E-state index in [4.69, 9.17) is 4.74 Å². The number of hydrogen-bond acceptors (Lipinski definition) is 5. The molecule has 1 aromatic heterocycles. The zero-order valence-electron chi connectivity index (χ0n) is 19.7. The number of ether oxygens (including phenoxy) is 1. The SMILES string of the molecule is CC(=O)Nc1cccc(OCCCCC(=O)c2cnn3c2NC(c2ccccc2)CC3C(F)(F)F)c1. The highest BCUT2D eigenvalue weighted by Crippen LogP contribution is 2.44. The molecule has 2 heterocycles. The van der Waals surface area contributed by atoms with Crippen LogP contribution in [0, 0.1) is 0 Å². The number of alkyl halides is 3. The molecule has 4 rings (SSSR count). The fraction of sp³-hybridized carbons (Fsp3) is 0.346. The molecule has 1 amide bonds. The van der Waals surface area contributed by atoms with Crippen LogP contribution in [0.1, 0.15) is 60.6 Å². The van der Waals surface area contributed by atoms with Crippen molar-refractivity contribution in [3.63, 3.8) is 0 Å². The number of rotatable bonds is 9. The first-order valence-corrected chi connectivity index (χ1v) is 11.7. The minimum atomic E-state index is -4.50. The minimum absolute atomic E-state index is 0.105. The van der Waals surface area contributed by atoms with Crippen LogP contribution in [0.4, 0.5) is 24.7 Å². The number of benzene rings is 2. The average Bonchev–Trinajstić information content (AvgIpc) is 3.27. The molecule has 7 nitrogen and oxygen atoms in total. The monoisotopic (exact) mass is 500 g/mol. The molecule has 3 aromatic rings. The Bertz CT molecular complexity index is 1210. The van der Waals surface area contributed by atoms with Crippen molar-refractivity contribution in [3.8, 4) is 5.75 Å². The third kappa shape index (κ3) is 6.05. The molecule has 0 aliphatic carbocycles. The Morgan fingerprint density at radius 3 is 2.64 bits per heavy atom. The highest BCUT2D eigenvalue weighted by Gasteiger charge is 2.47. The summed E-state index contributed by atoms with van der Waals surface area (Å²) in [5.41, 5.74) is 1.51. The summed E-state index contributed by atoms with van der Waals surface area (Å²) >= 11 is 0. The fourth-order valence-corrected chi connectivity index (χ4v) is 4.25. The predicted octanol–water partition coefficient (Wildman–Crippen LogP) is 5.93. The van der Waals surface area contributed by atoms with Crippen molar-refractivity contribution >= 4 is 23.2 Å². The second-order valence-corrected chi connectivity index (χ2v) is 8.69. The molecule has 0 saturated heterocycles. The molecule has 36 heavy (non-hydrogen) atoms. The van der Waals surface area contributed by atoms with E-state index in [1.54, 1.807) is 54.6 Å². The number of halogens is 3. The van der Waals surface area contributed by atoms with Gasteiger partial charge in [0.15, 0.2) is 11.8 Å². The summed E-state index contributed by atoms with van der Waals surface area (Å²) in [6, 6.07) is 13.5. The Balaban J connectivity index is 1.37. The summed E-state index contributed by atoms with van der Waals surface area (Å²) < 4.78 is 48.1. The Morgan fingerprint density at radius 1 is 1.14 bits per heavy atom. The van der Waals surface area contributed by atoms with Crippen LogP contribution in [0.3, 0.4) is 0 Å². The van der Waals surface area contributed by atoms with Crippen molar-refractivity contribution in [1.29, 1.82) is 0 Å². The van der Waals surface area contributed by atoms with Crippen molar-refractivity contribution in [3.05, 3.63) is 71.9 Å². The van der Waals surface area contributed by atoms with Gasteiger partial charge in [-0.15, -0.1) is 0 Å². The van der Waals surface area contributed by atoms with Gasteiger partial charge < -0.3 is 15.4 Å². The first-order chi connectivity index (χ1) is 17.2. The van der Waals surface area contributed by atoms with Crippen LogP contribution in [0.5, 0.6) is 5.75 Å². The molecule has 2 N–H and O–H groups in total. The van der Waals surface area contributed by atoms with Gasteiger partial charge in [0, 0.05) is 31.5 Å². The predicted molar refractivity (Wildman–Crippen MR) is 129 cm³/mol. The average molecular weight is 501 g/mol. The molecule has 1 aliphatic heterocycles. The van der Waals surface area contributed by atoms with Gasteiger partial charge >= 0.3 is 6.18 Å². The number of amides is 1. The number of fused-ring (bicyclic) bond motifs is 1. The van der Waals surface area contributed by atoms with Gasteiger partial charge in [-0.3, -0.25) is 9.59 Å². The largest absolute Gasteiger partial charge is 0.494 e. The van der Waals surface area contributed by atoms with Gasteiger partial charge in [-0.25, -0.2) is 4.68 Å². The molecule has 2 aromatic carbocycles. The highest BCUT2D eigenvalue weighted by atomic mass is 19.4.